The lowest BCUT2D eigenvalue weighted by atomic mass is 10.1. The average molecular weight is 297 g/mol. The van der Waals surface area contributed by atoms with Gasteiger partial charge in [0.1, 0.15) is 0 Å². The molecule has 0 rings (SSSR count). The summed E-state index contributed by atoms with van der Waals surface area (Å²) < 4.78 is 5.12. The predicted molar refractivity (Wildman–Crippen MR) is 90.2 cm³/mol. The Bertz CT molecular complexity index is 262. The van der Waals surface area contributed by atoms with Crippen LogP contribution in [0.5, 0.6) is 0 Å². The molecule has 1 atom stereocenters. The summed E-state index contributed by atoms with van der Waals surface area (Å²) in [5.74, 6) is -0.0745. The quantitative estimate of drug-likeness (QED) is 0.286. The molecule has 0 aromatic heterocycles. The van der Waals surface area contributed by atoms with Gasteiger partial charge < -0.3 is 10.5 Å². The maximum Gasteiger partial charge on any atom is 0.305 e. The van der Waals surface area contributed by atoms with Crippen LogP contribution in [-0.2, 0) is 9.53 Å². The lowest BCUT2D eigenvalue weighted by molar-refractivity contribution is -0.143. The first kappa shape index (κ1) is 20.2. The summed E-state index contributed by atoms with van der Waals surface area (Å²) in [4.78, 5) is 11.4. The van der Waals surface area contributed by atoms with E-state index >= 15 is 0 Å². The molecule has 3 heteroatoms. The largest absolute Gasteiger partial charge is 0.466 e. The number of nitrogens with two attached hydrogens (primary N) is 1. The molecule has 2 N–H and O–H groups in total. The van der Waals surface area contributed by atoms with Gasteiger partial charge in [0.05, 0.1) is 6.61 Å². The molecular formula is C18H35NO2. The number of esters is 1. The summed E-state index contributed by atoms with van der Waals surface area (Å²) in [5, 5.41) is 0. The Balaban J connectivity index is 3.21. The van der Waals surface area contributed by atoms with Crippen LogP contribution in [0.3, 0.4) is 0 Å². The van der Waals surface area contributed by atoms with E-state index in [1.54, 1.807) is 0 Å². The highest BCUT2D eigenvalue weighted by Gasteiger charge is 2.03. The maximum atomic E-state index is 11.4. The normalized spacial score (nSPS) is 12.7. The molecule has 21 heavy (non-hydrogen) atoms. The van der Waals surface area contributed by atoms with Crippen LogP contribution in [0.25, 0.3) is 0 Å². The van der Waals surface area contributed by atoms with E-state index in [-0.39, 0.29) is 12.0 Å². The van der Waals surface area contributed by atoms with E-state index in [1.165, 1.54) is 44.9 Å². The van der Waals surface area contributed by atoms with E-state index in [1.807, 2.05) is 6.92 Å². The molecule has 0 spiro atoms. The summed E-state index contributed by atoms with van der Waals surface area (Å²) in [6.45, 7) is 4.61. The van der Waals surface area contributed by atoms with Gasteiger partial charge in [0.25, 0.3) is 0 Å². The fourth-order valence-electron chi connectivity index (χ4n) is 2.05. The third-order valence-corrected chi connectivity index (χ3v) is 3.48. The maximum absolute atomic E-state index is 11.4. The zero-order valence-electron chi connectivity index (χ0n) is 14.1. The first-order valence-corrected chi connectivity index (χ1v) is 8.73. The first-order chi connectivity index (χ1) is 10.2. The molecule has 1 unspecified atom stereocenters. The van der Waals surface area contributed by atoms with Crippen molar-refractivity contribution in [3.05, 3.63) is 12.2 Å². The van der Waals surface area contributed by atoms with Gasteiger partial charge in [0.2, 0.25) is 0 Å². The number of unbranched alkanes of at least 4 members (excludes halogenated alkanes) is 7. The van der Waals surface area contributed by atoms with Gasteiger partial charge in [-0.3, -0.25) is 4.79 Å². The summed E-state index contributed by atoms with van der Waals surface area (Å²) >= 11 is 0. The average Bonchev–Trinajstić information content (AvgIpc) is 2.44. The minimum Gasteiger partial charge on any atom is -0.466 e. The zero-order valence-corrected chi connectivity index (χ0v) is 14.1. The van der Waals surface area contributed by atoms with Crippen LogP contribution in [0.4, 0.5) is 0 Å². The van der Waals surface area contributed by atoms with Crippen molar-refractivity contribution in [2.45, 2.75) is 90.5 Å². The number of carbonyl (C=O) groups excluding carboxylic acids is 1. The minimum atomic E-state index is -0.0745. The lowest BCUT2D eigenvalue weighted by Gasteiger charge is -2.06. The molecule has 0 amide bonds. The molecule has 0 aromatic rings. The van der Waals surface area contributed by atoms with E-state index < -0.39 is 0 Å². The summed E-state index contributed by atoms with van der Waals surface area (Å²) in [5.41, 5.74) is 5.60. The van der Waals surface area contributed by atoms with Crippen LogP contribution < -0.4 is 5.73 Å². The Morgan fingerprint density at radius 1 is 1.05 bits per heavy atom. The topological polar surface area (TPSA) is 52.3 Å². The van der Waals surface area contributed by atoms with E-state index in [2.05, 4.69) is 19.1 Å². The van der Waals surface area contributed by atoms with Crippen LogP contribution in [0.2, 0.25) is 0 Å². The smallest absolute Gasteiger partial charge is 0.305 e. The molecule has 0 aliphatic carbocycles. The Kier molecular flexibility index (Phi) is 14.9. The lowest BCUT2D eigenvalue weighted by Crippen LogP contribution is -2.18. The number of hydrogen-bond donors (Lipinski definition) is 1. The third kappa shape index (κ3) is 17.1. The van der Waals surface area contributed by atoms with Crippen molar-refractivity contribution < 1.29 is 9.53 Å². The van der Waals surface area contributed by atoms with Crippen LogP contribution in [0, 0.1) is 0 Å². The third-order valence-electron chi connectivity index (χ3n) is 3.48. The second-order valence-corrected chi connectivity index (χ2v) is 5.91. The summed E-state index contributed by atoms with van der Waals surface area (Å²) in [7, 11) is 0. The Labute approximate surface area is 131 Å². The van der Waals surface area contributed by atoms with Crippen molar-refractivity contribution in [3.8, 4) is 0 Å². The zero-order chi connectivity index (χ0) is 15.8. The van der Waals surface area contributed by atoms with Gasteiger partial charge in [-0.1, -0.05) is 51.2 Å². The fourth-order valence-corrected chi connectivity index (χ4v) is 2.05. The van der Waals surface area contributed by atoms with Crippen LogP contribution in [-0.4, -0.2) is 18.6 Å². The van der Waals surface area contributed by atoms with Crippen molar-refractivity contribution in [1.29, 1.82) is 0 Å². The number of rotatable bonds is 14. The SMILES string of the molecule is CCCC/C=C/CCCCCCCC(=O)OCCC(C)N. The molecule has 0 heterocycles. The van der Waals surface area contributed by atoms with Gasteiger partial charge in [0.15, 0.2) is 0 Å². The fraction of sp³-hybridized carbons (Fsp3) is 0.833. The van der Waals surface area contributed by atoms with Gasteiger partial charge in [-0.25, -0.2) is 0 Å². The molecule has 0 aliphatic heterocycles. The van der Waals surface area contributed by atoms with Gasteiger partial charge in [0, 0.05) is 12.5 Å². The monoisotopic (exact) mass is 297 g/mol. The standard InChI is InChI=1S/C18H35NO2/c1-3-4-5-6-7-8-9-10-11-12-13-14-18(20)21-16-15-17(2)19/h6-7,17H,3-5,8-16,19H2,1-2H3/b7-6+. The van der Waals surface area contributed by atoms with E-state index in [4.69, 9.17) is 10.5 Å². The van der Waals surface area contributed by atoms with Crippen molar-refractivity contribution in [2.24, 2.45) is 5.73 Å². The van der Waals surface area contributed by atoms with Crippen molar-refractivity contribution in [3.63, 3.8) is 0 Å². The number of ether oxygens (including phenoxy) is 1. The number of carbonyl (C=O) groups is 1. The molecule has 0 radical (unpaired) electrons. The molecule has 0 aromatic carbocycles. The molecule has 0 saturated heterocycles. The second-order valence-electron chi connectivity index (χ2n) is 5.91. The van der Waals surface area contributed by atoms with Crippen LogP contribution in [0.1, 0.15) is 84.5 Å². The second kappa shape index (κ2) is 15.6. The van der Waals surface area contributed by atoms with Crippen molar-refractivity contribution in [2.75, 3.05) is 6.61 Å². The molecule has 0 saturated carbocycles. The van der Waals surface area contributed by atoms with Gasteiger partial charge in [-0.05, 0) is 39.0 Å². The van der Waals surface area contributed by atoms with E-state index in [0.29, 0.717) is 13.0 Å². The van der Waals surface area contributed by atoms with E-state index in [9.17, 15) is 4.79 Å². The highest BCUT2D eigenvalue weighted by Crippen LogP contribution is 2.09. The highest BCUT2D eigenvalue weighted by atomic mass is 16.5. The van der Waals surface area contributed by atoms with Gasteiger partial charge in [-0.15, -0.1) is 0 Å². The van der Waals surface area contributed by atoms with Gasteiger partial charge >= 0.3 is 5.97 Å². The molecule has 0 fully saturated rings. The van der Waals surface area contributed by atoms with Crippen molar-refractivity contribution in [1.82, 2.24) is 0 Å². The van der Waals surface area contributed by atoms with Crippen molar-refractivity contribution >= 4 is 5.97 Å². The molecule has 124 valence electrons. The Morgan fingerprint density at radius 2 is 1.67 bits per heavy atom. The molecule has 3 nitrogen and oxygen atoms in total. The number of allylic oxidation sites excluding steroid dienone is 2. The minimum absolute atomic E-state index is 0.0745. The summed E-state index contributed by atoms with van der Waals surface area (Å²) in [6.07, 6.45) is 16.7. The first-order valence-electron chi connectivity index (χ1n) is 8.73. The summed E-state index contributed by atoms with van der Waals surface area (Å²) in [6, 6.07) is 0.105. The molecular weight excluding hydrogens is 262 g/mol. The Morgan fingerprint density at radius 3 is 2.33 bits per heavy atom. The van der Waals surface area contributed by atoms with Crippen LogP contribution in [0.15, 0.2) is 12.2 Å². The van der Waals surface area contributed by atoms with Crippen LogP contribution >= 0.6 is 0 Å². The predicted octanol–water partition coefficient (Wildman–Crippen LogP) is 4.74. The highest BCUT2D eigenvalue weighted by molar-refractivity contribution is 5.69. The Hall–Kier alpha value is -0.830. The number of hydrogen-bond acceptors (Lipinski definition) is 3. The molecule has 0 bridgehead atoms. The molecule has 0 aliphatic rings. The van der Waals surface area contributed by atoms with E-state index in [0.717, 1.165) is 19.3 Å². The van der Waals surface area contributed by atoms with Gasteiger partial charge in [-0.2, -0.15) is 0 Å².